The standard InChI is InChI=1S/C16H24N2O.ClH/c1-16(2,3)13-6-8-14(9-7-13)18-15(19)12-5-4-10-17-11-12;/h6-9,12,17H,4-5,10-11H2,1-3H3,(H,18,19);1H/t12-;/m1./s1. The molecule has 1 amide bonds. The lowest BCUT2D eigenvalue weighted by atomic mass is 9.87. The van der Waals surface area contributed by atoms with Gasteiger partial charge in [0, 0.05) is 12.2 Å². The molecule has 2 N–H and O–H groups in total. The number of rotatable bonds is 2. The van der Waals surface area contributed by atoms with E-state index in [1.165, 1.54) is 5.56 Å². The number of benzene rings is 1. The van der Waals surface area contributed by atoms with Gasteiger partial charge in [0.05, 0.1) is 5.92 Å². The molecule has 0 aromatic heterocycles. The number of anilines is 1. The Morgan fingerprint density at radius 1 is 1.25 bits per heavy atom. The minimum Gasteiger partial charge on any atom is -0.326 e. The van der Waals surface area contributed by atoms with E-state index in [4.69, 9.17) is 0 Å². The highest BCUT2D eigenvalue weighted by atomic mass is 35.5. The summed E-state index contributed by atoms with van der Waals surface area (Å²) in [6, 6.07) is 8.17. The van der Waals surface area contributed by atoms with E-state index in [0.29, 0.717) is 0 Å². The van der Waals surface area contributed by atoms with Crippen LogP contribution < -0.4 is 10.6 Å². The van der Waals surface area contributed by atoms with Crippen LogP contribution in [0.2, 0.25) is 0 Å². The second kappa shape index (κ2) is 7.09. The normalized spacial score (nSPS) is 19.1. The molecule has 1 atom stereocenters. The largest absolute Gasteiger partial charge is 0.326 e. The molecule has 0 unspecified atom stereocenters. The highest BCUT2D eigenvalue weighted by Gasteiger charge is 2.21. The zero-order chi connectivity index (χ0) is 13.9. The average Bonchev–Trinajstić information content (AvgIpc) is 2.39. The van der Waals surface area contributed by atoms with Gasteiger partial charge in [-0.15, -0.1) is 12.4 Å². The summed E-state index contributed by atoms with van der Waals surface area (Å²) in [4.78, 5) is 12.1. The second-order valence-corrected chi connectivity index (χ2v) is 6.36. The molecule has 1 heterocycles. The number of carbonyl (C=O) groups excluding carboxylic acids is 1. The van der Waals surface area contributed by atoms with Crippen molar-refractivity contribution in [3.8, 4) is 0 Å². The first-order valence-corrected chi connectivity index (χ1v) is 7.09. The zero-order valence-corrected chi connectivity index (χ0v) is 13.3. The van der Waals surface area contributed by atoms with Gasteiger partial charge in [-0.1, -0.05) is 32.9 Å². The zero-order valence-electron chi connectivity index (χ0n) is 12.5. The van der Waals surface area contributed by atoms with Gasteiger partial charge in [-0.3, -0.25) is 4.79 Å². The van der Waals surface area contributed by atoms with E-state index in [2.05, 4.69) is 43.5 Å². The Kier molecular flexibility index (Phi) is 6.03. The highest BCUT2D eigenvalue weighted by molar-refractivity contribution is 5.92. The summed E-state index contributed by atoms with van der Waals surface area (Å²) in [5.41, 5.74) is 2.32. The lowest BCUT2D eigenvalue weighted by Crippen LogP contribution is -2.37. The van der Waals surface area contributed by atoms with Crippen molar-refractivity contribution in [3.63, 3.8) is 0 Å². The predicted molar refractivity (Wildman–Crippen MR) is 86.6 cm³/mol. The molecule has 0 spiro atoms. The van der Waals surface area contributed by atoms with Crippen LogP contribution in [0, 0.1) is 5.92 Å². The first kappa shape index (κ1) is 17.0. The average molecular weight is 297 g/mol. The van der Waals surface area contributed by atoms with Crippen LogP contribution in [0.5, 0.6) is 0 Å². The molecule has 0 saturated carbocycles. The lowest BCUT2D eigenvalue weighted by molar-refractivity contribution is -0.120. The number of piperidine rings is 1. The number of carbonyl (C=O) groups is 1. The van der Waals surface area contributed by atoms with Crippen molar-refractivity contribution >= 4 is 24.0 Å². The quantitative estimate of drug-likeness (QED) is 0.879. The third-order valence-corrected chi connectivity index (χ3v) is 3.69. The molecular weight excluding hydrogens is 272 g/mol. The Morgan fingerprint density at radius 3 is 2.40 bits per heavy atom. The summed E-state index contributed by atoms with van der Waals surface area (Å²) in [5, 5.41) is 6.28. The number of amides is 1. The van der Waals surface area contributed by atoms with Crippen molar-refractivity contribution in [1.29, 1.82) is 0 Å². The van der Waals surface area contributed by atoms with E-state index < -0.39 is 0 Å². The van der Waals surface area contributed by atoms with E-state index in [1.54, 1.807) is 0 Å². The Labute approximate surface area is 127 Å². The number of hydrogen-bond acceptors (Lipinski definition) is 2. The van der Waals surface area contributed by atoms with Crippen LogP contribution in [-0.2, 0) is 10.2 Å². The third kappa shape index (κ3) is 4.50. The summed E-state index contributed by atoms with van der Waals surface area (Å²) < 4.78 is 0. The van der Waals surface area contributed by atoms with E-state index in [0.717, 1.165) is 31.6 Å². The Bertz CT molecular complexity index is 431. The molecule has 0 radical (unpaired) electrons. The number of halogens is 1. The smallest absolute Gasteiger partial charge is 0.228 e. The molecule has 1 aliphatic heterocycles. The van der Waals surface area contributed by atoms with Gasteiger partial charge in [0.15, 0.2) is 0 Å². The van der Waals surface area contributed by atoms with Gasteiger partial charge in [0.1, 0.15) is 0 Å². The molecule has 112 valence electrons. The molecule has 1 fully saturated rings. The van der Waals surface area contributed by atoms with Crippen LogP contribution in [0.25, 0.3) is 0 Å². The molecule has 2 rings (SSSR count). The number of hydrogen-bond donors (Lipinski definition) is 2. The van der Waals surface area contributed by atoms with Gasteiger partial charge in [-0.25, -0.2) is 0 Å². The van der Waals surface area contributed by atoms with Crippen molar-refractivity contribution in [3.05, 3.63) is 29.8 Å². The summed E-state index contributed by atoms with van der Waals surface area (Å²) in [7, 11) is 0. The fourth-order valence-electron chi connectivity index (χ4n) is 2.37. The molecule has 0 bridgehead atoms. The molecule has 1 aliphatic rings. The molecule has 1 saturated heterocycles. The first-order valence-electron chi connectivity index (χ1n) is 7.09. The van der Waals surface area contributed by atoms with Gasteiger partial charge in [0.25, 0.3) is 0 Å². The minimum atomic E-state index is 0. The van der Waals surface area contributed by atoms with Gasteiger partial charge in [-0.05, 0) is 42.5 Å². The van der Waals surface area contributed by atoms with Crippen LogP contribution in [0.15, 0.2) is 24.3 Å². The molecule has 1 aromatic carbocycles. The van der Waals surface area contributed by atoms with E-state index in [9.17, 15) is 4.79 Å². The molecule has 1 aromatic rings. The molecule has 3 nitrogen and oxygen atoms in total. The summed E-state index contributed by atoms with van der Waals surface area (Å²) in [5.74, 6) is 0.242. The predicted octanol–water partition coefficient (Wildman–Crippen LogP) is 3.34. The highest BCUT2D eigenvalue weighted by Crippen LogP contribution is 2.23. The Hall–Kier alpha value is -1.06. The van der Waals surface area contributed by atoms with Crippen molar-refractivity contribution in [2.75, 3.05) is 18.4 Å². The van der Waals surface area contributed by atoms with E-state index in [1.807, 2.05) is 12.1 Å². The van der Waals surface area contributed by atoms with Crippen molar-refractivity contribution in [2.45, 2.75) is 39.0 Å². The maximum Gasteiger partial charge on any atom is 0.228 e. The van der Waals surface area contributed by atoms with E-state index in [-0.39, 0.29) is 29.6 Å². The monoisotopic (exact) mass is 296 g/mol. The maximum atomic E-state index is 12.1. The molecular formula is C16H25ClN2O. The Balaban J connectivity index is 0.00000200. The van der Waals surface area contributed by atoms with Crippen LogP contribution in [-0.4, -0.2) is 19.0 Å². The van der Waals surface area contributed by atoms with Crippen molar-refractivity contribution in [2.24, 2.45) is 5.92 Å². The topological polar surface area (TPSA) is 41.1 Å². The van der Waals surface area contributed by atoms with Crippen molar-refractivity contribution < 1.29 is 4.79 Å². The summed E-state index contributed by atoms with van der Waals surface area (Å²) in [6.07, 6.45) is 2.07. The minimum absolute atomic E-state index is 0. The molecule has 4 heteroatoms. The van der Waals surface area contributed by atoms with Gasteiger partial charge in [0.2, 0.25) is 5.91 Å². The molecule has 20 heavy (non-hydrogen) atoms. The summed E-state index contributed by atoms with van der Waals surface area (Å²) in [6.45, 7) is 8.40. The van der Waals surface area contributed by atoms with Gasteiger partial charge >= 0.3 is 0 Å². The SMILES string of the molecule is CC(C)(C)c1ccc(NC(=O)[C@@H]2CCCNC2)cc1.Cl. The van der Waals surface area contributed by atoms with Crippen LogP contribution >= 0.6 is 12.4 Å². The fraction of sp³-hybridized carbons (Fsp3) is 0.562. The molecule has 0 aliphatic carbocycles. The van der Waals surface area contributed by atoms with Crippen LogP contribution in [0.4, 0.5) is 5.69 Å². The second-order valence-electron chi connectivity index (χ2n) is 6.36. The van der Waals surface area contributed by atoms with Gasteiger partial charge in [-0.2, -0.15) is 0 Å². The first-order chi connectivity index (χ1) is 8.97. The van der Waals surface area contributed by atoms with E-state index >= 15 is 0 Å². The van der Waals surface area contributed by atoms with Crippen LogP contribution in [0.1, 0.15) is 39.2 Å². The Morgan fingerprint density at radius 2 is 1.90 bits per heavy atom. The van der Waals surface area contributed by atoms with Crippen LogP contribution in [0.3, 0.4) is 0 Å². The van der Waals surface area contributed by atoms with Crippen molar-refractivity contribution in [1.82, 2.24) is 5.32 Å². The maximum absolute atomic E-state index is 12.1. The summed E-state index contributed by atoms with van der Waals surface area (Å²) >= 11 is 0. The number of nitrogens with one attached hydrogen (secondary N) is 2. The van der Waals surface area contributed by atoms with Gasteiger partial charge < -0.3 is 10.6 Å². The fourth-order valence-corrected chi connectivity index (χ4v) is 2.37. The third-order valence-electron chi connectivity index (χ3n) is 3.69. The lowest BCUT2D eigenvalue weighted by Gasteiger charge is -2.22.